The second kappa shape index (κ2) is 5.12. The zero-order valence-corrected chi connectivity index (χ0v) is 12.1. The smallest absolute Gasteiger partial charge is 0.229 e. The number of hydrogen-bond acceptors (Lipinski definition) is 5. The lowest BCUT2D eigenvalue weighted by atomic mass is 10.1. The van der Waals surface area contributed by atoms with Crippen molar-refractivity contribution in [2.75, 3.05) is 11.1 Å². The monoisotopic (exact) mass is 283 g/mol. The van der Waals surface area contributed by atoms with Gasteiger partial charge in [0.05, 0.1) is 5.69 Å². The molecule has 1 aliphatic carbocycles. The fourth-order valence-electron chi connectivity index (χ4n) is 2.22. The van der Waals surface area contributed by atoms with Gasteiger partial charge in [-0.1, -0.05) is 0 Å². The second-order valence-corrected chi connectivity index (χ2v) is 5.38. The van der Waals surface area contributed by atoms with Gasteiger partial charge in [-0.3, -0.25) is 10.1 Å². The molecule has 21 heavy (non-hydrogen) atoms. The van der Waals surface area contributed by atoms with E-state index >= 15 is 0 Å². The van der Waals surface area contributed by atoms with E-state index in [4.69, 9.17) is 5.73 Å². The third-order valence-electron chi connectivity index (χ3n) is 3.45. The van der Waals surface area contributed by atoms with Crippen molar-refractivity contribution in [1.29, 1.82) is 0 Å². The molecule has 1 aliphatic rings. The lowest BCUT2D eigenvalue weighted by molar-refractivity contribution is -0.117. The molecule has 1 saturated carbocycles. The number of nitrogen functional groups attached to an aromatic ring is 1. The van der Waals surface area contributed by atoms with Gasteiger partial charge in [0, 0.05) is 23.4 Å². The van der Waals surface area contributed by atoms with Gasteiger partial charge in [0.2, 0.25) is 11.9 Å². The standard InChI is InChI=1S/C15H17N5O/c1-8-5-11(6-13(16)18-8)12-7-17-15(19-9(12)2)20-14(21)10-3-4-10/h5-7,10H,3-4H2,1-2H3,(H2,16,18)(H,17,19,20,21). The van der Waals surface area contributed by atoms with E-state index in [2.05, 4.69) is 20.3 Å². The molecule has 1 fully saturated rings. The Bertz CT molecular complexity index is 689. The molecule has 108 valence electrons. The van der Waals surface area contributed by atoms with Crippen LogP contribution in [0.4, 0.5) is 11.8 Å². The zero-order chi connectivity index (χ0) is 15.0. The quantitative estimate of drug-likeness (QED) is 0.899. The third-order valence-corrected chi connectivity index (χ3v) is 3.45. The van der Waals surface area contributed by atoms with Crippen LogP contribution in [0.1, 0.15) is 24.2 Å². The molecule has 6 heteroatoms. The molecule has 0 spiro atoms. The number of aryl methyl sites for hydroxylation is 2. The SMILES string of the molecule is Cc1cc(-c2cnc(NC(=O)C3CC3)nc2C)cc(N)n1. The number of carbonyl (C=O) groups is 1. The number of hydrogen-bond donors (Lipinski definition) is 2. The van der Waals surface area contributed by atoms with Gasteiger partial charge in [-0.15, -0.1) is 0 Å². The van der Waals surface area contributed by atoms with Crippen LogP contribution in [0.2, 0.25) is 0 Å². The molecule has 6 nitrogen and oxygen atoms in total. The van der Waals surface area contributed by atoms with E-state index in [0.717, 1.165) is 35.4 Å². The average molecular weight is 283 g/mol. The van der Waals surface area contributed by atoms with E-state index in [9.17, 15) is 4.79 Å². The first-order chi connectivity index (χ1) is 10.0. The maximum Gasteiger partial charge on any atom is 0.229 e. The van der Waals surface area contributed by atoms with E-state index < -0.39 is 0 Å². The zero-order valence-electron chi connectivity index (χ0n) is 12.1. The average Bonchev–Trinajstić information content (AvgIpc) is 3.21. The van der Waals surface area contributed by atoms with Crippen LogP contribution in [0.5, 0.6) is 0 Å². The van der Waals surface area contributed by atoms with Crippen molar-refractivity contribution >= 4 is 17.7 Å². The summed E-state index contributed by atoms with van der Waals surface area (Å²) in [6, 6.07) is 3.73. The predicted molar refractivity (Wildman–Crippen MR) is 80.5 cm³/mol. The molecule has 0 aromatic carbocycles. The molecule has 0 bridgehead atoms. The van der Waals surface area contributed by atoms with Crippen LogP contribution in [0.25, 0.3) is 11.1 Å². The number of nitrogens with two attached hydrogens (primary N) is 1. The Kier molecular flexibility index (Phi) is 3.29. The Labute approximate surface area is 122 Å². The Balaban J connectivity index is 1.88. The molecule has 0 atom stereocenters. The molecule has 0 saturated heterocycles. The fraction of sp³-hybridized carbons (Fsp3) is 0.333. The maximum atomic E-state index is 11.7. The summed E-state index contributed by atoms with van der Waals surface area (Å²) in [6.45, 7) is 3.77. The fourth-order valence-corrected chi connectivity index (χ4v) is 2.22. The van der Waals surface area contributed by atoms with Gasteiger partial charge in [0.25, 0.3) is 0 Å². The molecule has 0 unspecified atom stereocenters. The highest BCUT2D eigenvalue weighted by atomic mass is 16.2. The summed E-state index contributed by atoms with van der Waals surface area (Å²) in [5.41, 5.74) is 9.22. The number of pyridine rings is 1. The number of rotatable bonds is 3. The van der Waals surface area contributed by atoms with E-state index in [1.165, 1.54) is 0 Å². The van der Waals surface area contributed by atoms with Crippen LogP contribution in [0.3, 0.4) is 0 Å². The first kappa shape index (κ1) is 13.5. The largest absolute Gasteiger partial charge is 0.384 e. The molecular weight excluding hydrogens is 266 g/mol. The molecule has 0 aliphatic heterocycles. The van der Waals surface area contributed by atoms with Gasteiger partial charge in [-0.25, -0.2) is 15.0 Å². The second-order valence-electron chi connectivity index (χ2n) is 5.38. The minimum Gasteiger partial charge on any atom is -0.384 e. The van der Waals surface area contributed by atoms with Crippen molar-refractivity contribution in [1.82, 2.24) is 15.0 Å². The van der Waals surface area contributed by atoms with Crippen LogP contribution in [-0.2, 0) is 4.79 Å². The Morgan fingerprint density at radius 1 is 1.29 bits per heavy atom. The van der Waals surface area contributed by atoms with Gasteiger partial charge in [-0.2, -0.15) is 0 Å². The van der Waals surface area contributed by atoms with Gasteiger partial charge < -0.3 is 5.73 Å². The number of nitrogens with zero attached hydrogens (tertiary/aromatic N) is 3. The number of aromatic nitrogens is 3. The number of anilines is 2. The van der Waals surface area contributed by atoms with Crippen LogP contribution < -0.4 is 11.1 Å². The normalized spacial score (nSPS) is 14.0. The lowest BCUT2D eigenvalue weighted by Crippen LogP contribution is -2.16. The summed E-state index contributed by atoms with van der Waals surface area (Å²) >= 11 is 0. The molecule has 1 amide bonds. The van der Waals surface area contributed by atoms with Crippen LogP contribution >= 0.6 is 0 Å². The highest BCUT2D eigenvalue weighted by Gasteiger charge is 2.30. The van der Waals surface area contributed by atoms with Crippen molar-refractivity contribution in [3.63, 3.8) is 0 Å². The summed E-state index contributed by atoms with van der Waals surface area (Å²) in [5.74, 6) is 0.963. The highest BCUT2D eigenvalue weighted by Crippen LogP contribution is 2.30. The Morgan fingerprint density at radius 2 is 2.05 bits per heavy atom. The summed E-state index contributed by atoms with van der Waals surface area (Å²) < 4.78 is 0. The van der Waals surface area contributed by atoms with E-state index in [1.807, 2.05) is 19.9 Å². The summed E-state index contributed by atoms with van der Waals surface area (Å²) in [6.07, 6.45) is 3.62. The first-order valence-corrected chi connectivity index (χ1v) is 6.92. The van der Waals surface area contributed by atoms with Crippen molar-refractivity contribution < 1.29 is 4.79 Å². The molecular formula is C15H17N5O. The van der Waals surface area contributed by atoms with Gasteiger partial charge >= 0.3 is 0 Å². The summed E-state index contributed by atoms with van der Waals surface area (Å²) in [7, 11) is 0. The molecule has 0 radical (unpaired) electrons. The summed E-state index contributed by atoms with van der Waals surface area (Å²) in [5, 5.41) is 2.75. The lowest BCUT2D eigenvalue weighted by Gasteiger charge is -2.09. The minimum absolute atomic E-state index is 0.00569. The third kappa shape index (κ3) is 2.99. The highest BCUT2D eigenvalue weighted by molar-refractivity contribution is 5.92. The van der Waals surface area contributed by atoms with E-state index in [-0.39, 0.29) is 11.8 Å². The van der Waals surface area contributed by atoms with Crippen molar-refractivity contribution in [3.8, 4) is 11.1 Å². The molecule has 2 aromatic heterocycles. The van der Waals surface area contributed by atoms with Crippen molar-refractivity contribution in [3.05, 3.63) is 29.7 Å². The van der Waals surface area contributed by atoms with Gasteiger partial charge in [0.15, 0.2) is 0 Å². The molecule has 3 rings (SSSR count). The van der Waals surface area contributed by atoms with Gasteiger partial charge in [-0.05, 0) is 44.4 Å². The van der Waals surface area contributed by atoms with Crippen LogP contribution in [-0.4, -0.2) is 20.9 Å². The molecule has 3 N–H and O–H groups in total. The van der Waals surface area contributed by atoms with Gasteiger partial charge in [0.1, 0.15) is 5.82 Å². The molecule has 2 aromatic rings. The number of nitrogens with one attached hydrogen (secondary N) is 1. The molecule has 2 heterocycles. The minimum atomic E-state index is 0.00569. The van der Waals surface area contributed by atoms with E-state index in [1.54, 1.807) is 12.3 Å². The Hall–Kier alpha value is -2.50. The predicted octanol–water partition coefficient (Wildman–Crippen LogP) is 2.09. The number of amides is 1. The number of carbonyl (C=O) groups excluding carboxylic acids is 1. The van der Waals surface area contributed by atoms with Crippen LogP contribution in [0.15, 0.2) is 18.3 Å². The van der Waals surface area contributed by atoms with Crippen LogP contribution in [0, 0.1) is 19.8 Å². The van der Waals surface area contributed by atoms with E-state index in [0.29, 0.717) is 11.8 Å². The summed E-state index contributed by atoms with van der Waals surface area (Å²) in [4.78, 5) is 24.4. The topological polar surface area (TPSA) is 93.8 Å². The maximum absolute atomic E-state index is 11.7. The first-order valence-electron chi connectivity index (χ1n) is 6.92. The Morgan fingerprint density at radius 3 is 2.67 bits per heavy atom. The van der Waals surface area contributed by atoms with Crippen molar-refractivity contribution in [2.45, 2.75) is 26.7 Å². The van der Waals surface area contributed by atoms with Crippen molar-refractivity contribution in [2.24, 2.45) is 5.92 Å².